The summed E-state index contributed by atoms with van der Waals surface area (Å²) in [4.78, 5) is 0. The maximum absolute atomic E-state index is 4.28. The molecule has 0 spiro atoms. The van der Waals surface area contributed by atoms with Crippen LogP contribution in [-0.2, 0) is 6.54 Å². The molecule has 1 aromatic heterocycles. The molecular formula is C7H14N3+. The van der Waals surface area contributed by atoms with Crippen molar-refractivity contribution in [2.45, 2.75) is 26.4 Å². The Kier molecular flexibility index (Phi) is 2.06. The smallest absolute Gasteiger partial charge is 0.126 e. The Balaban J connectivity index is 2.78. The summed E-state index contributed by atoms with van der Waals surface area (Å²) >= 11 is 0. The number of quaternary nitrogens is 1. The second-order valence-corrected chi connectivity index (χ2v) is 2.50. The van der Waals surface area contributed by atoms with E-state index in [1.54, 1.807) is 0 Å². The highest BCUT2D eigenvalue weighted by atomic mass is 15.3. The second-order valence-electron chi connectivity index (χ2n) is 2.50. The van der Waals surface area contributed by atoms with Crippen LogP contribution in [0.5, 0.6) is 0 Å². The molecule has 0 unspecified atom stereocenters. The lowest BCUT2D eigenvalue weighted by Crippen LogP contribution is -2.52. The molecule has 0 aliphatic carbocycles. The molecular weight excluding hydrogens is 126 g/mol. The van der Waals surface area contributed by atoms with Crippen molar-refractivity contribution in [1.82, 2.24) is 9.78 Å². The molecule has 0 amide bonds. The van der Waals surface area contributed by atoms with Gasteiger partial charge in [0.1, 0.15) is 11.7 Å². The number of nitrogens with zero attached hydrogens (tertiary/aromatic N) is 2. The molecule has 0 aliphatic rings. The molecule has 0 aromatic carbocycles. The molecule has 10 heavy (non-hydrogen) atoms. The van der Waals surface area contributed by atoms with E-state index in [9.17, 15) is 0 Å². The van der Waals surface area contributed by atoms with Crippen molar-refractivity contribution in [3.05, 3.63) is 18.0 Å². The molecule has 0 saturated heterocycles. The molecule has 1 atom stereocenters. The van der Waals surface area contributed by atoms with E-state index in [-0.39, 0.29) is 0 Å². The van der Waals surface area contributed by atoms with Gasteiger partial charge in [0.05, 0.1) is 0 Å². The number of aryl methyl sites for hydroxylation is 1. The van der Waals surface area contributed by atoms with E-state index < -0.39 is 0 Å². The topological polar surface area (TPSA) is 45.5 Å². The highest BCUT2D eigenvalue weighted by molar-refractivity contribution is 5.00. The monoisotopic (exact) mass is 140 g/mol. The lowest BCUT2D eigenvalue weighted by atomic mass is 10.3. The third-order valence-electron chi connectivity index (χ3n) is 1.49. The number of rotatable bonds is 2. The Morgan fingerprint density at radius 2 is 2.50 bits per heavy atom. The van der Waals surface area contributed by atoms with Crippen LogP contribution in [0.15, 0.2) is 12.3 Å². The lowest BCUT2D eigenvalue weighted by Gasteiger charge is -1.95. The van der Waals surface area contributed by atoms with Crippen molar-refractivity contribution in [2.75, 3.05) is 0 Å². The van der Waals surface area contributed by atoms with Crippen LogP contribution in [0, 0.1) is 0 Å². The van der Waals surface area contributed by atoms with Gasteiger partial charge in [-0.15, -0.1) is 0 Å². The summed E-state index contributed by atoms with van der Waals surface area (Å²) in [7, 11) is 0. The summed E-state index contributed by atoms with van der Waals surface area (Å²) in [6, 6.07) is 2.31. The maximum atomic E-state index is 4.28. The normalized spacial score (nSPS) is 13.5. The van der Waals surface area contributed by atoms with Crippen LogP contribution in [0.1, 0.15) is 25.6 Å². The number of hydrogen-bond acceptors (Lipinski definition) is 1. The SMILES string of the molecule is CCn1ccc([C@@H](C)[NH3+])n1. The van der Waals surface area contributed by atoms with Gasteiger partial charge in [-0.25, -0.2) is 0 Å². The van der Waals surface area contributed by atoms with Gasteiger partial charge in [0.15, 0.2) is 0 Å². The summed E-state index contributed by atoms with van der Waals surface area (Å²) < 4.78 is 1.91. The first kappa shape index (κ1) is 7.28. The molecule has 3 nitrogen and oxygen atoms in total. The zero-order valence-corrected chi connectivity index (χ0v) is 6.54. The van der Waals surface area contributed by atoms with Crippen molar-refractivity contribution in [2.24, 2.45) is 0 Å². The number of hydrogen-bond donors (Lipinski definition) is 1. The third-order valence-corrected chi connectivity index (χ3v) is 1.49. The fourth-order valence-corrected chi connectivity index (χ4v) is 0.816. The quantitative estimate of drug-likeness (QED) is 0.627. The largest absolute Gasteiger partial charge is 0.350 e. The maximum Gasteiger partial charge on any atom is 0.126 e. The van der Waals surface area contributed by atoms with Crippen LogP contribution in [0.4, 0.5) is 0 Å². The van der Waals surface area contributed by atoms with E-state index in [2.05, 4.69) is 17.8 Å². The van der Waals surface area contributed by atoms with Crippen molar-refractivity contribution in [1.29, 1.82) is 0 Å². The molecule has 0 aliphatic heterocycles. The molecule has 1 heterocycles. The Labute approximate surface area is 60.8 Å². The minimum atomic E-state index is 0.299. The van der Waals surface area contributed by atoms with Gasteiger partial charge in [-0.3, -0.25) is 4.68 Å². The second kappa shape index (κ2) is 2.84. The van der Waals surface area contributed by atoms with E-state index in [4.69, 9.17) is 0 Å². The summed E-state index contributed by atoms with van der Waals surface area (Å²) in [5.74, 6) is 0. The molecule has 56 valence electrons. The van der Waals surface area contributed by atoms with Gasteiger partial charge in [0.25, 0.3) is 0 Å². The van der Waals surface area contributed by atoms with Crippen LogP contribution < -0.4 is 5.73 Å². The van der Waals surface area contributed by atoms with E-state index in [1.165, 1.54) is 0 Å². The average molecular weight is 140 g/mol. The van der Waals surface area contributed by atoms with Crippen LogP contribution in [0.25, 0.3) is 0 Å². The zero-order valence-electron chi connectivity index (χ0n) is 6.54. The minimum Gasteiger partial charge on any atom is -0.350 e. The Bertz CT molecular complexity index is 202. The molecule has 3 N–H and O–H groups in total. The standard InChI is InChI=1S/C7H13N3/c1-3-10-5-4-7(9-10)6(2)8/h4-6H,3,8H2,1-2H3/p+1/t6-/m1/s1. The van der Waals surface area contributed by atoms with E-state index in [1.807, 2.05) is 23.9 Å². The van der Waals surface area contributed by atoms with E-state index in [0.717, 1.165) is 12.2 Å². The first-order valence-corrected chi connectivity index (χ1v) is 3.60. The van der Waals surface area contributed by atoms with Gasteiger partial charge in [-0.1, -0.05) is 0 Å². The van der Waals surface area contributed by atoms with Gasteiger partial charge >= 0.3 is 0 Å². The van der Waals surface area contributed by atoms with Gasteiger partial charge in [-0.2, -0.15) is 5.10 Å². The van der Waals surface area contributed by atoms with E-state index >= 15 is 0 Å². The number of aromatic nitrogens is 2. The third kappa shape index (κ3) is 1.36. The van der Waals surface area contributed by atoms with Crippen LogP contribution in [0.2, 0.25) is 0 Å². The molecule has 1 rings (SSSR count). The molecule has 0 bridgehead atoms. The van der Waals surface area contributed by atoms with Crippen molar-refractivity contribution in [3.63, 3.8) is 0 Å². The highest BCUT2D eigenvalue weighted by Crippen LogP contribution is 2.02. The van der Waals surface area contributed by atoms with E-state index in [0.29, 0.717) is 6.04 Å². The molecule has 0 fully saturated rings. The predicted octanol–water partition coefficient (Wildman–Crippen LogP) is 0.206. The van der Waals surface area contributed by atoms with Crippen LogP contribution in [0.3, 0.4) is 0 Å². The van der Waals surface area contributed by atoms with Crippen molar-refractivity contribution >= 4 is 0 Å². The predicted molar refractivity (Wildman–Crippen MR) is 39.2 cm³/mol. The Hall–Kier alpha value is -0.830. The van der Waals surface area contributed by atoms with Gasteiger partial charge in [0.2, 0.25) is 0 Å². The van der Waals surface area contributed by atoms with Gasteiger partial charge in [0, 0.05) is 12.7 Å². The summed E-state index contributed by atoms with van der Waals surface area (Å²) in [6.45, 7) is 5.06. The Morgan fingerprint density at radius 1 is 1.80 bits per heavy atom. The summed E-state index contributed by atoms with van der Waals surface area (Å²) in [5, 5.41) is 4.28. The first-order valence-electron chi connectivity index (χ1n) is 3.60. The fraction of sp³-hybridized carbons (Fsp3) is 0.571. The van der Waals surface area contributed by atoms with Crippen LogP contribution in [-0.4, -0.2) is 9.78 Å². The average Bonchev–Trinajstić information content (AvgIpc) is 2.34. The fourth-order valence-electron chi connectivity index (χ4n) is 0.816. The van der Waals surface area contributed by atoms with Crippen LogP contribution >= 0.6 is 0 Å². The van der Waals surface area contributed by atoms with Gasteiger partial charge < -0.3 is 5.73 Å². The highest BCUT2D eigenvalue weighted by Gasteiger charge is 2.04. The lowest BCUT2D eigenvalue weighted by molar-refractivity contribution is -0.421. The summed E-state index contributed by atoms with van der Waals surface area (Å²) in [5.41, 5.74) is 4.95. The van der Waals surface area contributed by atoms with Gasteiger partial charge in [-0.05, 0) is 19.9 Å². The molecule has 3 heteroatoms. The zero-order chi connectivity index (χ0) is 7.56. The molecule has 0 radical (unpaired) electrons. The molecule has 0 saturated carbocycles. The molecule has 1 aromatic rings. The summed E-state index contributed by atoms with van der Waals surface area (Å²) in [6.07, 6.45) is 1.98. The van der Waals surface area contributed by atoms with Crippen molar-refractivity contribution in [3.8, 4) is 0 Å². The first-order chi connectivity index (χ1) is 4.74. The minimum absolute atomic E-state index is 0.299. The van der Waals surface area contributed by atoms with Crippen molar-refractivity contribution < 1.29 is 5.73 Å². The Morgan fingerprint density at radius 3 is 2.80 bits per heavy atom.